The molecule has 0 bridgehead atoms. The van der Waals surface area contributed by atoms with Crippen LogP contribution >= 0.6 is 0 Å². The average Bonchev–Trinajstić information content (AvgIpc) is 2.68. The van der Waals surface area contributed by atoms with Crippen molar-refractivity contribution in [2.24, 2.45) is 16.7 Å². The molecule has 0 aromatic heterocycles. The van der Waals surface area contributed by atoms with Gasteiger partial charge < -0.3 is 0 Å². The van der Waals surface area contributed by atoms with Gasteiger partial charge in [0.15, 0.2) is 0 Å². The number of ketones is 1. The Labute approximate surface area is 114 Å². The van der Waals surface area contributed by atoms with Gasteiger partial charge in [-0.2, -0.15) is 0 Å². The van der Waals surface area contributed by atoms with Crippen molar-refractivity contribution in [2.75, 3.05) is 0 Å². The molecule has 1 heteroatoms. The molecule has 0 N–H and O–H groups in total. The number of rotatable bonds is 9. The minimum absolute atomic E-state index is 0.227. The van der Waals surface area contributed by atoms with Gasteiger partial charge in [0.1, 0.15) is 5.78 Å². The number of Topliss-reactive ketones (excluding diaryl/α,β-unsaturated/α-hetero) is 1. The van der Waals surface area contributed by atoms with Crippen molar-refractivity contribution in [1.29, 1.82) is 0 Å². The van der Waals surface area contributed by atoms with Crippen LogP contribution < -0.4 is 0 Å². The fourth-order valence-corrected chi connectivity index (χ4v) is 3.40. The highest BCUT2D eigenvalue weighted by Crippen LogP contribution is 2.68. The summed E-state index contributed by atoms with van der Waals surface area (Å²) in [5.74, 6) is 0.823. The predicted molar refractivity (Wildman–Crippen MR) is 78.7 cm³/mol. The maximum absolute atomic E-state index is 12.2. The summed E-state index contributed by atoms with van der Waals surface area (Å²) in [6.07, 6.45) is 9.86. The van der Waals surface area contributed by atoms with Gasteiger partial charge in [-0.1, -0.05) is 73.1 Å². The van der Waals surface area contributed by atoms with Crippen LogP contribution in [0, 0.1) is 16.7 Å². The number of hydrogen-bond donors (Lipinski definition) is 0. The second-order valence-electron chi connectivity index (χ2n) is 7.21. The van der Waals surface area contributed by atoms with Gasteiger partial charge >= 0.3 is 0 Å². The monoisotopic (exact) mass is 252 g/mol. The van der Waals surface area contributed by atoms with E-state index in [0.29, 0.717) is 11.7 Å². The van der Waals surface area contributed by atoms with Gasteiger partial charge in [-0.25, -0.2) is 0 Å². The van der Waals surface area contributed by atoms with E-state index in [0.717, 1.165) is 12.8 Å². The van der Waals surface area contributed by atoms with Crippen LogP contribution in [0.3, 0.4) is 0 Å². The summed E-state index contributed by atoms with van der Waals surface area (Å²) in [6, 6.07) is 0. The van der Waals surface area contributed by atoms with E-state index < -0.39 is 0 Å². The molecular weight excluding hydrogens is 220 g/mol. The van der Waals surface area contributed by atoms with Gasteiger partial charge in [0.05, 0.1) is 0 Å². The molecule has 0 atom stereocenters. The molecule has 0 amide bonds. The third-order valence-electron chi connectivity index (χ3n) is 5.37. The van der Waals surface area contributed by atoms with Gasteiger partial charge in [0.2, 0.25) is 0 Å². The topological polar surface area (TPSA) is 17.1 Å². The van der Waals surface area contributed by atoms with Crippen molar-refractivity contribution in [3.8, 4) is 0 Å². The molecule has 1 fully saturated rings. The highest BCUT2D eigenvalue weighted by atomic mass is 16.1. The number of unbranched alkanes of at least 4 members (excludes halogenated alkanes) is 6. The first kappa shape index (κ1) is 15.7. The first-order chi connectivity index (χ1) is 8.35. The molecule has 106 valence electrons. The summed E-state index contributed by atoms with van der Waals surface area (Å²) in [5.41, 5.74) is 0.455. The fourth-order valence-electron chi connectivity index (χ4n) is 3.40. The van der Waals surface area contributed by atoms with Crippen molar-refractivity contribution < 1.29 is 4.79 Å². The lowest BCUT2D eigenvalue weighted by Crippen LogP contribution is -2.06. The third-order valence-corrected chi connectivity index (χ3v) is 5.37. The second-order valence-corrected chi connectivity index (χ2v) is 7.21. The molecular formula is C17H32O. The van der Waals surface area contributed by atoms with Crippen molar-refractivity contribution in [3.05, 3.63) is 0 Å². The molecule has 1 aliphatic carbocycles. The fraction of sp³-hybridized carbons (Fsp3) is 0.941. The van der Waals surface area contributed by atoms with Gasteiger partial charge in [-0.15, -0.1) is 0 Å². The molecule has 1 aliphatic rings. The van der Waals surface area contributed by atoms with Crippen molar-refractivity contribution >= 4 is 5.78 Å². The molecule has 1 nitrogen and oxygen atoms in total. The predicted octanol–water partition coefficient (Wildman–Crippen LogP) is 5.38. The first-order valence-corrected chi connectivity index (χ1v) is 7.88. The zero-order valence-electron chi connectivity index (χ0n) is 13.1. The molecule has 0 aromatic rings. The van der Waals surface area contributed by atoms with Gasteiger partial charge in [0.25, 0.3) is 0 Å². The van der Waals surface area contributed by atoms with Crippen LogP contribution in [0.15, 0.2) is 0 Å². The Balaban J connectivity index is 2.09. The molecule has 18 heavy (non-hydrogen) atoms. The summed E-state index contributed by atoms with van der Waals surface area (Å²) >= 11 is 0. The number of hydrogen-bond acceptors (Lipinski definition) is 1. The van der Waals surface area contributed by atoms with E-state index in [-0.39, 0.29) is 10.8 Å². The molecule has 0 unspecified atom stereocenters. The lowest BCUT2D eigenvalue weighted by Gasteiger charge is -2.03. The third kappa shape index (κ3) is 3.36. The Morgan fingerprint density at radius 3 is 1.72 bits per heavy atom. The number of carbonyl (C=O) groups excluding carboxylic acids is 1. The first-order valence-electron chi connectivity index (χ1n) is 7.88. The molecule has 0 aromatic carbocycles. The lowest BCUT2D eigenvalue weighted by atomic mass is 10.0. The maximum atomic E-state index is 12.2. The van der Waals surface area contributed by atoms with Crippen LogP contribution in [-0.4, -0.2) is 5.78 Å². The van der Waals surface area contributed by atoms with Crippen LogP contribution in [0.2, 0.25) is 0 Å². The van der Waals surface area contributed by atoms with Gasteiger partial charge in [0, 0.05) is 12.3 Å². The quantitative estimate of drug-likeness (QED) is 0.504. The Morgan fingerprint density at radius 1 is 0.833 bits per heavy atom. The van der Waals surface area contributed by atoms with Gasteiger partial charge in [-0.3, -0.25) is 4.79 Å². The van der Waals surface area contributed by atoms with Crippen LogP contribution in [0.1, 0.15) is 86.0 Å². The summed E-state index contributed by atoms with van der Waals surface area (Å²) in [6.45, 7) is 11.2. The smallest absolute Gasteiger partial charge is 0.137 e. The Kier molecular flexibility index (Phi) is 5.43. The molecule has 1 saturated carbocycles. The molecule has 1 rings (SSSR count). The molecule has 0 spiro atoms. The second kappa shape index (κ2) is 6.21. The lowest BCUT2D eigenvalue weighted by molar-refractivity contribution is -0.121. The van der Waals surface area contributed by atoms with E-state index in [1.807, 2.05) is 0 Å². The zero-order valence-corrected chi connectivity index (χ0v) is 13.1. The number of carbonyl (C=O) groups is 1. The van der Waals surface area contributed by atoms with Crippen molar-refractivity contribution in [3.63, 3.8) is 0 Å². The zero-order chi connectivity index (χ0) is 13.8. The van der Waals surface area contributed by atoms with E-state index in [4.69, 9.17) is 0 Å². The van der Waals surface area contributed by atoms with E-state index in [2.05, 4.69) is 34.6 Å². The SMILES string of the molecule is CCCCCCCCCC(=O)C1C(C)(C)C1(C)C. The minimum Gasteiger partial charge on any atom is -0.299 e. The molecule has 0 heterocycles. The minimum atomic E-state index is 0.227. The van der Waals surface area contributed by atoms with E-state index in [1.165, 1.54) is 38.5 Å². The standard InChI is InChI=1S/C17H32O/c1-6-7-8-9-10-11-12-13-14(18)15-16(2,3)17(15,4)5/h15H,6-13H2,1-5H3. The summed E-state index contributed by atoms with van der Waals surface area (Å²) in [4.78, 5) is 12.2. The Morgan fingerprint density at radius 2 is 1.28 bits per heavy atom. The molecule has 0 saturated heterocycles. The normalized spacial score (nSPS) is 20.9. The van der Waals surface area contributed by atoms with Crippen LogP contribution in [-0.2, 0) is 4.79 Å². The van der Waals surface area contributed by atoms with E-state index in [1.54, 1.807) is 0 Å². The van der Waals surface area contributed by atoms with Crippen LogP contribution in [0.5, 0.6) is 0 Å². The molecule has 0 radical (unpaired) electrons. The highest BCUT2D eigenvalue weighted by molar-refractivity contribution is 5.86. The summed E-state index contributed by atoms with van der Waals surface area (Å²) in [5, 5.41) is 0. The van der Waals surface area contributed by atoms with Gasteiger partial charge in [-0.05, 0) is 17.3 Å². The largest absolute Gasteiger partial charge is 0.299 e. The maximum Gasteiger partial charge on any atom is 0.137 e. The Bertz CT molecular complexity index is 261. The van der Waals surface area contributed by atoms with Crippen LogP contribution in [0.4, 0.5) is 0 Å². The summed E-state index contributed by atoms with van der Waals surface area (Å²) in [7, 11) is 0. The van der Waals surface area contributed by atoms with E-state index >= 15 is 0 Å². The van der Waals surface area contributed by atoms with Crippen molar-refractivity contribution in [2.45, 2.75) is 86.0 Å². The Hall–Kier alpha value is -0.330. The molecule has 0 aliphatic heterocycles. The van der Waals surface area contributed by atoms with Crippen LogP contribution in [0.25, 0.3) is 0 Å². The van der Waals surface area contributed by atoms with E-state index in [9.17, 15) is 4.79 Å². The van der Waals surface area contributed by atoms with Crippen molar-refractivity contribution in [1.82, 2.24) is 0 Å². The highest BCUT2D eigenvalue weighted by Gasteiger charge is 2.67. The average molecular weight is 252 g/mol. The summed E-state index contributed by atoms with van der Waals surface area (Å²) < 4.78 is 0.